The van der Waals surface area contributed by atoms with Gasteiger partial charge in [-0.1, -0.05) is 38.5 Å². The number of hydrogen-bond donors (Lipinski definition) is 1. The van der Waals surface area contributed by atoms with Gasteiger partial charge >= 0.3 is 0 Å². The second kappa shape index (κ2) is 5.64. The summed E-state index contributed by atoms with van der Waals surface area (Å²) >= 11 is 1.80. The summed E-state index contributed by atoms with van der Waals surface area (Å²) in [6.45, 7) is 4.68. The van der Waals surface area contributed by atoms with Crippen molar-refractivity contribution in [3.63, 3.8) is 0 Å². The number of tetrazole rings is 1. The summed E-state index contributed by atoms with van der Waals surface area (Å²) in [5.74, 6) is 0. The van der Waals surface area contributed by atoms with Gasteiger partial charge < -0.3 is 5.73 Å². The minimum Gasteiger partial charge on any atom is -0.327 e. The fourth-order valence-corrected chi connectivity index (χ4v) is 4.94. The Morgan fingerprint density at radius 3 is 2.75 bits per heavy atom. The maximum atomic E-state index is 6.32. The first-order valence-electron chi connectivity index (χ1n) is 7.75. The average molecular weight is 295 g/mol. The molecule has 2 N–H and O–H groups in total. The van der Waals surface area contributed by atoms with Crippen LogP contribution in [0.25, 0.3) is 0 Å². The Bertz CT molecular complexity index is 452. The van der Waals surface area contributed by atoms with Crippen molar-refractivity contribution >= 4 is 11.8 Å². The Hall–Kier alpha value is -0.620. The first kappa shape index (κ1) is 14.3. The second-order valence-electron chi connectivity index (χ2n) is 7.07. The van der Waals surface area contributed by atoms with Crippen LogP contribution in [0.1, 0.15) is 64.8 Å². The molecule has 0 amide bonds. The van der Waals surface area contributed by atoms with Crippen molar-refractivity contribution in [3.8, 4) is 0 Å². The van der Waals surface area contributed by atoms with Gasteiger partial charge in [0.25, 0.3) is 0 Å². The Labute approximate surface area is 125 Å². The number of nitrogens with two attached hydrogens (primary N) is 1. The molecule has 20 heavy (non-hydrogen) atoms. The summed E-state index contributed by atoms with van der Waals surface area (Å²) in [5, 5.41) is 13.8. The molecule has 2 atom stereocenters. The Kier molecular flexibility index (Phi) is 4.04. The largest absolute Gasteiger partial charge is 0.327 e. The lowest BCUT2D eigenvalue weighted by Crippen LogP contribution is -2.41. The van der Waals surface area contributed by atoms with Crippen molar-refractivity contribution in [2.45, 2.75) is 81.3 Å². The van der Waals surface area contributed by atoms with Crippen molar-refractivity contribution in [2.24, 2.45) is 11.1 Å². The van der Waals surface area contributed by atoms with Crippen LogP contribution in [0.15, 0.2) is 5.16 Å². The fraction of sp³-hybridized carbons (Fsp3) is 0.929. The molecular weight excluding hydrogens is 270 g/mol. The minimum absolute atomic E-state index is 0.266. The summed E-state index contributed by atoms with van der Waals surface area (Å²) in [5.41, 5.74) is 6.71. The van der Waals surface area contributed by atoms with Gasteiger partial charge in [0.2, 0.25) is 5.16 Å². The standard InChI is InChI=1S/C14H25N5S/c1-14(2)8-7-11(15)12(9-14)20-13-16-17-18-19(13)10-5-3-4-6-10/h10-12H,3-9,15H2,1-2H3. The quantitative estimate of drug-likeness (QED) is 0.928. The van der Waals surface area contributed by atoms with Crippen LogP contribution in [-0.4, -0.2) is 31.5 Å². The summed E-state index contributed by atoms with van der Waals surface area (Å²) in [6, 6.07) is 0.766. The molecule has 0 aliphatic heterocycles. The van der Waals surface area contributed by atoms with Gasteiger partial charge in [-0.05, 0) is 47.9 Å². The number of thioether (sulfide) groups is 1. The number of hydrogen-bond acceptors (Lipinski definition) is 5. The molecule has 2 unspecified atom stereocenters. The molecule has 2 fully saturated rings. The van der Waals surface area contributed by atoms with Crippen LogP contribution in [0.4, 0.5) is 0 Å². The average Bonchev–Trinajstić information content (AvgIpc) is 3.03. The first-order valence-corrected chi connectivity index (χ1v) is 8.63. The third-order valence-electron chi connectivity index (χ3n) is 4.78. The normalized spacial score (nSPS) is 30.8. The highest BCUT2D eigenvalue weighted by molar-refractivity contribution is 7.99. The molecule has 0 spiro atoms. The lowest BCUT2D eigenvalue weighted by atomic mass is 9.75. The zero-order valence-corrected chi connectivity index (χ0v) is 13.3. The van der Waals surface area contributed by atoms with E-state index >= 15 is 0 Å². The molecule has 1 heterocycles. The molecule has 5 nitrogen and oxygen atoms in total. The first-order chi connectivity index (χ1) is 9.55. The summed E-state index contributed by atoms with van der Waals surface area (Å²) in [6.07, 6.45) is 8.49. The number of rotatable bonds is 3. The molecule has 2 aliphatic carbocycles. The monoisotopic (exact) mass is 295 g/mol. The highest BCUT2D eigenvalue weighted by Crippen LogP contribution is 2.42. The molecule has 3 rings (SSSR count). The molecule has 0 saturated heterocycles. The number of nitrogens with zero attached hydrogens (tertiary/aromatic N) is 4. The third-order valence-corrected chi connectivity index (χ3v) is 6.07. The summed E-state index contributed by atoms with van der Waals surface area (Å²) in [7, 11) is 0. The van der Waals surface area contributed by atoms with Crippen molar-refractivity contribution in [1.82, 2.24) is 20.2 Å². The van der Waals surface area contributed by atoms with Crippen molar-refractivity contribution in [2.75, 3.05) is 0 Å². The van der Waals surface area contributed by atoms with E-state index in [0.717, 1.165) is 18.0 Å². The van der Waals surface area contributed by atoms with E-state index in [0.29, 0.717) is 16.7 Å². The second-order valence-corrected chi connectivity index (χ2v) is 8.28. The van der Waals surface area contributed by atoms with Gasteiger partial charge in [-0.25, -0.2) is 4.68 Å². The van der Waals surface area contributed by atoms with Crippen molar-refractivity contribution in [1.29, 1.82) is 0 Å². The van der Waals surface area contributed by atoms with Crippen LogP contribution in [0.2, 0.25) is 0 Å². The van der Waals surface area contributed by atoms with Gasteiger partial charge in [0.1, 0.15) is 0 Å². The third kappa shape index (κ3) is 3.01. The van der Waals surface area contributed by atoms with Crippen LogP contribution < -0.4 is 5.73 Å². The van der Waals surface area contributed by atoms with Gasteiger partial charge in [-0.3, -0.25) is 0 Å². The molecule has 2 saturated carbocycles. The lowest BCUT2D eigenvalue weighted by molar-refractivity contribution is 0.232. The molecule has 2 aliphatic rings. The highest BCUT2D eigenvalue weighted by atomic mass is 32.2. The zero-order valence-electron chi connectivity index (χ0n) is 12.5. The van der Waals surface area contributed by atoms with Crippen LogP contribution >= 0.6 is 11.8 Å². The fourth-order valence-electron chi connectivity index (χ4n) is 3.45. The predicted molar refractivity (Wildman–Crippen MR) is 80.6 cm³/mol. The predicted octanol–water partition coefficient (Wildman–Crippen LogP) is 2.79. The molecule has 1 aromatic heterocycles. The summed E-state index contributed by atoms with van der Waals surface area (Å²) in [4.78, 5) is 0. The van der Waals surface area contributed by atoms with E-state index in [9.17, 15) is 0 Å². The van der Waals surface area contributed by atoms with Gasteiger partial charge in [0.15, 0.2) is 0 Å². The van der Waals surface area contributed by atoms with Crippen molar-refractivity contribution < 1.29 is 0 Å². The van der Waals surface area contributed by atoms with Crippen LogP contribution in [-0.2, 0) is 0 Å². The molecule has 6 heteroatoms. The Morgan fingerprint density at radius 2 is 2.00 bits per heavy atom. The SMILES string of the molecule is CC1(C)CCC(N)C(Sc2nnnn2C2CCCC2)C1. The van der Waals surface area contributed by atoms with E-state index < -0.39 is 0 Å². The van der Waals surface area contributed by atoms with E-state index in [1.54, 1.807) is 11.8 Å². The molecule has 0 aromatic carbocycles. The van der Waals surface area contributed by atoms with Gasteiger partial charge in [-0.15, -0.1) is 5.10 Å². The van der Waals surface area contributed by atoms with Crippen molar-refractivity contribution in [3.05, 3.63) is 0 Å². The molecular formula is C14H25N5S. The number of aromatic nitrogens is 4. The minimum atomic E-state index is 0.266. The Morgan fingerprint density at radius 1 is 1.25 bits per heavy atom. The molecule has 0 radical (unpaired) electrons. The van der Waals surface area contributed by atoms with Gasteiger partial charge in [0.05, 0.1) is 6.04 Å². The van der Waals surface area contributed by atoms with E-state index in [1.165, 1.54) is 32.1 Å². The van der Waals surface area contributed by atoms with Crippen LogP contribution in [0, 0.1) is 5.41 Å². The smallest absolute Gasteiger partial charge is 0.209 e. The van der Waals surface area contributed by atoms with Crippen LogP contribution in [0.5, 0.6) is 0 Å². The van der Waals surface area contributed by atoms with E-state index in [2.05, 4.69) is 29.4 Å². The molecule has 1 aromatic rings. The summed E-state index contributed by atoms with van der Waals surface area (Å²) < 4.78 is 2.05. The van der Waals surface area contributed by atoms with Gasteiger partial charge in [0, 0.05) is 11.3 Å². The molecule has 112 valence electrons. The lowest BCUT2D eigenvalue weighted by Gasteiger charge is -2.38. The van der Waals surface area contributed by atoms with E-state index in [-0.39, 0.29) is 6.04 Å². The highest BCUT2D eigenvalue weighted by Gasteiger charge is 2.35. The Balaban J connectivity index is 1.72. The van der Waals surface area contributed by atoms with E-state index in [4.69, 9.17) is 5.73 Å². The zero-order chi connectivity index (χ0) is 14.2. The van der Waals surface area contributed by atoms with Gasteiger partial charge in [-0.2, -0.15) is 0 Å². The van der Waals surface area contributed by atoms with Crippen LogP contribution in [0.3, 0.4) is 0 Å². The van der Waals surface area contributed by atoms with E-state index in [1.807, 2.05) is 4.68 Å². The maximum Gasteiger partial charge on any atom is 0.209 e. The maximum absolute atomic E-state index is 6.32. The topological polar surface area (TPSA) is 69.6 Å². The molecule has 0 bridgehead atoms.